The number of carboxylic acid groups (broad SMARTS) is 1. The molecule has 2 N–H and O–H groups in total. The molecule has 20 heavy (non-hydrogen) atoms. The third-order valence-corrected chi connectivity index (χ3v) is 3.42. The van der Waals surface area contributed by atoms with Gasteiger partial charge in [-0.05, 0) is 25.5 Å². The van der Waals surface area contributed by atoms with E-state index < -0.39 is 5.97 Å². The lowest BCUT2D eigenvalue weighted by Crippen LogP contribution is -2.30. The van der Waals surface area contributed by atoms with Gasteiger partial charge in [0.25, 0.3) is 5.91 Å². The van der Waals surface area contributed by atoms with Crippen molar-refractivity contribution in [2.75, 3.05) is 13.1 Å². The highest BCUT2D eigenvalue weighted by molar-refractivity contribution is 6.06. The van der Waals surface area contributed by atoms with Crippen molar-refractivity contribution in [3.8, 4) is 0 Å². The molecule has 2 rings (SSSR count). The van der Waals surface area contributed by atoms with Crippen LogP contribution in [0.1, 0.15) is 29.8 Å². The lowest BCUT2D eigenvalue weighted by molar-refractivity contribution is -0.136. The molecule has 1 amide bonds. The Morgan fingerprint density at radius 3 is 2.55 bits per heavy atom. The monoisotopic (exact) mass is 274 g/mol. The number of nitrogens with zero attached hydrogens (tertiary/aromatic N) is 1. The van der Waals surface area contributed by atoms with Crippen LogP contribution in [0.15, 0.2) is 24.4 Å². The van der Waals surface area contributed by atoms with Crippen molar-refractivity contribution in [1.29, 1.82) is 0 Å². The summed E-state index contributed by atoms with van der Waals surface area (Å²) in [5.41, 5.74) is 1.99. The summed E-state index contributed by atoms with van der Waals surface area (Å²) in [7, 11) is 0. The largest absolute Gasteiger partial charge is 0.481 e. The van der Waals surface area contributed by atoms with Gasteiger partial charge in [0.05, 0.1) is 17.5 Å². The summed E-state index contributed by atoms with van der Waals surface area (Å²) in [4.78, 5) is 28.1. The van der Waals surface area contributed by atoms with E-state index in [1.54, 1.807) is 23.2 Å². The molecular weight excluding hydrogens is 256 g/mol. The van der Waals surface area contributed by atoms with Crippen molar-refractivity contribution in [2.45, 2.75) is 20.3 Å². The number of para-hydroxylation sites is 1. The van der Waals surface area contributed by atoms with Gasteiger partial charge in [-0.15, -0.1) is 0 Å². The van der Waals surface area contributed by atoms with Crippen LogP contribution in [0.3, 0.4) is 0 Å². The second-order valence-corrected chi connectivity index (χ2v) is 4.59. The highest BCUT2D eigenvalue weighted by Crippen LogP contribution is 2.23. The van der Waals surface area contributed by atoms with Crippen molar-refractivity contribution < 1.29 is 14.7 Å². The van der Waals surface area contributed by atoms with Crippen molar-refractivity contribution >= 4 is 22.8 Å². The van der Waals surface area contributed by atoms with E-state index in [0.717, 1.165) is 5.39 Å². The van der Waals surface area contributed by atoms with E-state index in [1.807, 2.05) is 19.9 Å². The topological polar surface area (TPSA) is 73.4 Å². The van der Waals surface area contributed by atoms with Gasteiger partial charge < -0.3 is 15.0 Å². The van der Waals surface area contributed by atoms with Crippen LogP contribution in [0.25, 0.3) is 10.9 Å². The number of hydrogen-bond donors (Lipinski definition) is 2. The third kappa shape index (κ3) is 2.52. The average Bonchev–Trinajstić information content (AvgIpc) is 2.82. The van der Waals surface area contributed by atoms with Crippen LogP contribution in [0, 0.1) is 0 Å². The molecule has 0 unspecified atom stereocenters. The summed E-state index contributed by atoms with van der Waals surface area (Å²) in [6.45, 7) is 5.17. The van der Waals surface area contributed by atoms with Crippen molar-refractivity contribution in [3.63, 3.8) is 0 Å². The Morgan fingerprint density at radius 1 is 1.25 bits per heavy atom. The van der Waals surface area contributed by atoms with E-state index in [9.17, 15) is 9.59 Å². The van der Waals surface area contributed by atoms with E-state index >= 15 is 0 Å². The Balaban J connectivity index is 2.48. The quantitative estimate of drug-likeness (QED) is 0.878. The number of carboxylic acids is 1. The minimum atomic E-state index is -0.883. The van der Waals surface area contributed by atoms with Crippen LogP contribution in [-0.2, 0) is 11.2 Å². The molecule has 0 atom stereocenters. The van der Waals surface area contributed by atoms with E-state index in [1.165, 1.54) is 0 Å². The van der Waals surface area contributed by atoms with Crippen LogP contribution in [-0.4, -0.2) is 40.0 Å². The maximum Gasteiger partial charge on any atom is 0.307 e. The maximum atomic E-state index is 12.4. The van der Waals surface area contributed by atoms with E-state index in [4.69, 9.17) is 5.11 Å². The Morgan fingerprint density at radius 2 is 1.95 bits per heavy atom. The molecule has 5 nitrogen and oxygen atoms in total. The first-order valence-corrected chi connectivity index (χ1v) is 6.68. The molecule has 1 aromatic heterocycles. The number of nitrogens with one attached hydrogen (secondary N) is 1. The zero-order valence-electron chi connectivity index (χ0n) is 11.6. The molecule has 0 aliphatic rings. The zero-order chi connectivity index (χ0) is 14.7. The SMILES string of the molecule is CCN(CC)C(=O)c1cccc2c(CC(=O)O)c[nH]c12. The molecule has 0 fully saturated rings. The molecule has 0 saturated heterocycles. The highest BCUT2D eigenvalue weighted by atomic mass is 16.4. The molecular formula is C15H18N2O3. The van der Waals surface area contributed by atoms with Crippen molar-refractivity contribution in [1.82, 2.24) is 9.88 Å². The number of aliphatic carboxylic acids is 1. The molecule has 1 heterocycles. The predicted molar refractivity (Wildman–Crippen MR) is 76.9 cm³/mol. The smallest absolute Gasteiger partial charge is 0.307 e. The van der Waals surface area contributed by atoms with Crippen LogP contribution >= 0.6 is 0 Å². The van der Waals surface area contributed by atoms with Crippen LogP contribution in [0.5, 0.6) is 0 Å². The number of rotatable bonds is 5. The number of amides is 1. The summed E-state index contributed by atoms with van der Waals surface area (Å²) in [6, 6.07) is 5.39. The highest BCUT2D eigenvalue weighted by Gasteiger charge is 2.17. The summed E-state index contributed by atoms with van der Waals surface area (Å²) in [6.07, 6.45) is 1.61. The number of benzene rings is 1. The van der Waals surface area contributed by atoms with E-state index in [-0.39, 0.29) is 12.3 Å². The first-order chi connectivity index (χ1) is 9.58. The molecule has 0 bridgehead atoms. The van der Waals surface area contributed by atoms with Crippen LogP contribution < -0.4 is 0 Å². The first kappa shape index (κ1) is 14.1. The third-order valence-electron chi connectivity index (χ3n) is 3.42. The molecule has 0 spiro atoms. The molecule has 2 aromatic rings. The number of H-pyrrole nitrogens is 1. The lowest BCUT2D eigenvalue weighted by Gasteiger charge is -2.18. The normalized spacial score (nSPS) is 10.7. The van der Waals surface area contributed by atoms with Crippen LogP contribution in [0.4, 0.5) is 0 Å². The van der Waals surface area contributed by atoms with E-state index in [2.05, 4.69) is 4.98 Å². The summed E-state index contributed by atoms with van der Waals surface area (Å²) in [5, 5.41) is 9.70. The van der Waals surface area contributed by atoms with Gasteiger partial charge >= 0.3 is 5.97 Å². The van der Waals surface area contributed by atoms with Gasteiger partial charge in [-0.2, -0.15) is 0 Å². The minimum Gasteiger partial charge on any atom is -0.481 e. The Bertz CT molecular complexity index is 642. The van der Waals surface area contributed by atoms with Gasteiger partial charge in [0.2, 0.25) is 0 Å². The van der Waals surface area contributed by atoms with E-state index in [0.29, 0.717) is 29.7 Å². The van der Waals surface area contributed by atoms with Gasteiger partial charge in [-0.1, -0.05) is 12.1 Å². The average molecular weight is 274 g/mol. The number of carbonyl (C=O) groups is 2. The Kier molecular flexibility index (Phi) is 4.08. The summed E-state index contributed by atoms with van der Waals surface area (Å²) >= 11 is 0. The summed E-state index contributed by atoms with van der Waals surface area (Å²) in [5.74, 6) is -0.921. The second-order valence-electron chi connectivity index (χ2n) is 4.59. The fourth-order valence-corrected chi connectivity index (χ4v) is 2.38. The van der Waals surface area contributed by atoms with Gasteiger partial charge in [-0.25, -0.2) is 0 Å². The fourth-order valence-electron chi connectivity index (χ4n) is 2.38. The molecule has 0 radical (unpaired) electrons. The number of aromatic amines is 1. The summed E-state index contributed by atoms with van der Waals surface area (Å²) < 4.78 is 0. The van der Waals surface area contributed by atoms with Gasteiger partial charge in [0, 0.05) is 24.7 Å². The number of aromatic nitrogens is 1. The lowest BCUT2D eigenvalue weighted by atomic mass is 10.1. The van der Waals surface area contributed by atoms with Crippen molar-refractivity contribution in [3.05, 3.63) is 35.5 Å². The van der Waals surface area contributed by atoms with Gasteiger partial charge in [0.1, 0.15) is 0 Å². The first-order valence-electron chi connectivity index (χ1n) is 6.68. The molecule has 0 aliphatic heterocycles. The zero-order valence-corrected chi connectivity index (χ0v) is 11.6. The number of hydrogen-bond acceptors (Lipinski definition) is 2. The number of carbonyl (C=O) groups excluding carboxylic acids is 1. The van der Waals surface area contributed by atoms with Gasteiger partial charge in [-0.3, -0.25) is 9.59 Å². The molecule has 5 heteroatoms. The van der Waals surface area contributed by atoms with Crippen LogP contribution in [0.2, 0.25) is 0 Å². The minimum absolute atomic E-state index is 0.0377. The molecule has 106 valence electrons. The maximum absolute atomic E-state index is 12.4. The van der Waals surface area contributed by atoms with Crippen molar-refractivity contribution in [2.24, 2.45) is 0 Å². The second kappa shape index (κ2) is 5.77. The molecule has 1 aromatic carbocycles. The fraction of sp³-hybridized carbons (Fsp3) is 0.333. The Labute approximate surface area is 117 Å². The Hall–Kier alpha value is -2.30. The molecule has 0 saturated carbocycles. The number of fused-ring (bicyclic) bond motifs is 1. The predicted octanol–water partition coefficient (Wildman–Crippen LogP) is 2.28. The van der Waals surface area contributed by atoms with Gasteiger partial charge in [0.15, 0.2) is 0 Å². The molecule has 0 aliphatic carbocycles. The standard InChI is InChI=1S/C15H18N2O3/c1-3-17(4-2)15(20)12-7-5-6-11-10(8-13(18)19)9-16-14(11)12/h5-7,9,16H,3-4,8H2,1-2H3,(H,18,19).